The van der Waals surface area contributed by atoms with Crippen molar-refractivity contribution >= 4 is 28.2 Å². The summed E-state index contributed by atoms with van der Waals surface area (Å²) in [7, 11) is 0. The summed E-state index contributed by atoms with van der Waals surface area (Å²) in [6.45, 7) is 5.87. The lowest BCUT2D eigenvalue weighted by molar-refractivity contribution is -0.122. The lowest BCUT2D eigenvalue weighted by Crippen LogP contribution is -2.30. The third-order valence-corrected chi connectivity index (χ3v) is 6.12. The maximum absolute atomic E-state index is 12.8. The lowest BCUT2D eigenvalue weighted by atomic mass is 9.95. The minimum absolute atomic E-state index is 0.268. The van der Waals surface area contributed by atoms with E-state index in [0.717, 1.165) is 43.2 Å². The number of hydrogen-bond acceptors (Lipinski definition) is 5. The molecular formula is C22H27NO4S. The zero-order valence-electron chi connectivity index (χ0n) is 16.7. The molecule has 0 radical (unpaired) electrons. The highest BCUT2D eigenvalue weighted by Gasteiger charge is 2.28. The maximum atomic E-state index is 12.8. The van der Waals surface area contributed by atoms with Gasteiger partial charge in [0.15, 0.2) is 6.10 Å². The second-order valence-corrected chi connectivity index (χ2v) is 7.95. The monoisotopic (exact) mass is 401 g/mol. The molecule has 1 aromatic heterocycles. The van der Waals surface area contributed by atoms with E-state index in [2.05, 4.69) is 12.2 Å². The Morgan fingerprint density at radius 2 is 1.93 bits per heavy atom. The summed E-state index contributed by atoms with van der Waals surface area (Å²) in [4.78, 5) is 26.5. The molecule has 1 N–H and O–H groups in total. The number of anilines is 1. The quantitative estimate of drug-likeness (QED) is 0.679. The van der Waals surface area contributed by atoms with Crippen LogP contribution >= 0.6 is 11.3 Å². The summed E-state index contributed by atoms with van der Waals surface area (Å²) in [5, 5.41) is 3.50. The molecule has 3 rings (SSSR count). The molecule has 1 atom stereocenters. The van der Waals surface area contributed by atoms with Gasteiger partial charge in [-0.2, -0.15) is 0 Å². The zero-order chi connectivity index (χ0) is 20.1. The first-order valence-corrected chi connectivity index (χ1v) is 10.7. The number of ether oxygens (including phenoxy) is 2. The van der Waals surface area contributed by atoms with Crippen molar-refractivity contribution in [3.05, 3.63) is 45.8 Å². The first-order valence-electron chi connectivity index (χ1n) is 9.92. The van der Waals surface area contributed by atoms with Crippen molar-refractivity contribution in [2.45, 2.75) is 59.0 Å². The van der Waals surface area contributed by atoms with E-state index in [1.807, 2.05) is 24.3 Å². The zero-order valence-corrected chi connectivity index (χ0v) is 17.5. The van der Waals surface area contributed by atoms with Gasteiger partial charge < -0.3 is 14.8 Å². The number of hydrogen-bond donors (Lipinski definition) is 1. The summed E-state index contributed by atoms with van der Waals surface area (Å²) < 4.78 is 11.1. The Bertz CT molecular complexity index is 858. The third-order valence-electron chi connectivity index (χ3n) is 4.91. The van der Waals surface area contributed by atoms with E-state index in [-0.39, 0.29) is 11.9 Å². The summed E-state index contributed by atoms with van der Waals surface area (Å²) in [6.07, 6.45) is 4.11. The minimum Gasteiger partial charge on any atom is -0.481 e. The Balaban J connectivity index is 1.79. The number of esters is 1. The van der Waals surface area contributed by atoms with Crippen LogP contribution in [0.2, 0.25) is 0 Å². The number of rotatable bonds is 7. The van der Waals surface area contributed by atoms with E-state index in [9.17, 15) is 9.59 Å². The van der Waals surface area contributed by atoms with Gasteiger partial charge in [-0.25, -0.2) is 4.79 Å². The highest BCUT2D eigenvalue weighted by Crippen LogP contribution is 2.38. The molecule has 6 heteroatoms. The van der Waals surface area contributed by atoms with E-state index in [4.69, 9.17) is 9.47 Å². The number of fused-ring (bicyclic) bond motifs is 1. The maximum Gasteiger partial charge on any atom is 0.341 e. The number of benzene rings is 1. The molecule has 0 saturated heterocycles. The molecule has 0 bridgehead atoms. The van der Waals surface area contributed by atoms with Gasteiger partial charge in [0.25, 0.3) is 5.91 Å². The molecule has 1 amide bonds. The average Bonchev–Trinajstić information content (AvgIpc) is 3.06. The SMILES string of the molecule is CCOC(=O)c1c(NC(=O)[C@H](C)Oc2ccccc2CC)sc2c1CCCC2. The largest absolute Gasteiger partial charge is 0.481 e. The molecule has 1 aliphatic carbocycles. The Kier molecular flexibility index (Phi) is 6.73. The summed E-state index contributed by atoms with van der Waals surface area (Å²) in [6, 6.07) is 7.71. The van der Waals surface area contributed by atoms with Crippen LogP contribution in [0.3, 0.4) is 0 Å². The molecule has 5 nitrogen and oxygen atoms in total. The van der Waals surface area contributed by atoms with Crippen LogP contribution < -0.4 is 10.1 Å². The first-order chi connectivity index (χ1) is 13.5. The van der Waals surface area contributed by atoms with Crippen LogP contribution in [0.5, 0.6) is 5.75 Å². The average molecular weight is 402 g/mol. The van der Waals surface area contributed by atoms with Gasteiger partial charge in [0.2, 0.25) is 0 Å². The molecule has 0 fully saturated rings. The summed E-state index contributed by atoms with van der Waals surface area (Å²) in [5.41, 5.74) is 2.62. The fraction of sp³-hybridized carbons (Fsp3) is 0.455. The number of carbonyl (C=O) groups is 2. The van der Waals surface area contributed by atoms with Gasteiger partial charge in [0.1, 0.15) is 10.8 Å². The number of para-hydroxylation sites is 1. The standard InChI is InChI=1S/C22H27NO4S/c1-4-15-10-6-8-12-17(15)27-14(3)20(24)23-21-19(22(25)26-5-2)16-11-7-9-13-18(16)28-21/h6,8,10,12,14H,4-5,7,9,11,13H2,1-3H3,(H,23,24)/t14-/m0/s1. The van der Waals surface area contributed by atoms with Crippen LogP contribution in [0.1, 0.15) is 60.0 Å². The molecule has 0 unspecified atom stereocenters. The van der Waals surface area contributed by atoms with Gasteiger partial charge in [0, 0.05) is 4.88 Å². The molecule has 0 saturated carbocycles. The first kappa shape index (κ1) is 20.4. The molecule has 2 aromatic rings. The van der Waals surface area contributed by atoms with Crippen molar-refractivity contribution in [1.82, 2.24) is 0 Å². The Labute approximate surface area is 170 Å². The molecule has 1 heterocycles. The van der Waals surface area contributed by atoms with Crippen LogP contribution in [0, 0.1) is 0 Å². The Morgan fingerprint density at radius 3 is 2.68 bits per heavy atom. The summed E-state index contributed by atoms with van der Waals surface area (Å²) >= 11 is 1.49. The van der Waals surface area contributed by atoms with Gasteiger partial charge in [-0.15, -0.1) is 11.3 Å². The number of thiophene rings is 1. The fourth-order valence-electron chi connectivity index (χ4n) is 3.44. The van der Waals surface area contributed by atoms with Crippen molar-refractivity contribution in [1.29, 1.82) is 0 Å². The Hall–Kier alpha value is -2.34. The minimum atomic E-state index is -0.679. The second kappa shape index (κ2) is 9.24. The van der Waals surface area contributed by atoms with Gasteiger partial charge in [-0.3, -0.25) is 4.79 Å². The van der Waals surface area contributed by atoms with E-state index in [1.165, 1.54) is 16.2 Å². The van der Waals surface area contributed by atoms with Crippen LogP contribution in [-0.4, -0.2) is 24.6 Å². The predicted molar refractivity (Wildman–Crippen MR) is 111 cm³/mol. The topological polar surface area (TPSA) is 64.6 Å². The van der Waals surface area contributed by atoms with E-state index in [1.54, 1.807) is 13.8 Å². The molecule has 0 aliphatic heterocycles. The number of nitrogens with one attached hydrogen (secondary N) is 1. The summed E-state index contributed by atoms with van der Waals surface area (Å²) in [5.74, 6) is 0.0842. The fourth-order valence-corrected chi connectivity index (χ4v) is 4.72. The van der Waals surface area contributed by atoms with Crippen LogP contribution in [0.25, 0.3) is 0 Å². The third kappa shape index (κ3) is 4.38. The molecular weight excluding hydrogens is 374 g/mol. The molecule has 28 heavy (non-hydrogen) atoms. The van der Waals surface area contributed by atoms with Gasteiger partial charge in [0.05, 0.1) is 12.2 Å². The van der Waals surface area contributed by atoms with E-state index in [0.29, 0.717) is 22.9 Å². The second-order valence-electron chi connectivity index (χ2n) is 6.85. The van der Waals surface area contributed by atoms with E-state index >= 15 is 0 Å². The van der Waals surface area contributed by atoms with Crippen molar-refractivity contribution in [2.75, 3.05) is 11.9 Å². The van der Waals surface area contributed by atoms with Crippen molar-refractivity contribution in [3.63, 3.8) is 0 Å². The van der Waals surface area contributed by atoms with Crippen LogP contribution in [0.15, 0.2) is 24.3 Å². The van der Waals surface area contributed by atoms with Crippen LogP contribution in [0.4, 0.5) is 5.00 Å². The normalized spacial score (nSPS) is 14.1. The number of aryl methyl sites for hydroxylation is 2. The van der Waals surface area contributed by atoms with E-state index < -0.39 is 6.10 Å². The van der Waals surface area contributed by atoms with Crippen molar-refractivity contribution < 1.29 is 19.1 Å². The predicted octanol–water partition coefficient (Wildman–Crippen LogP) is 4.77. The number of amides is 1. The van der Waals surface area contributed by atoms with Crippen molar-refractivity contribution in [2.24, 2.45) is 0 Å². The van der Waals surface area contributed by atoms with Crippen LogP contribution in [-0.2, 0) is 28.8 Å². The smallest absolute Gasteiger partial charge is 0.341 e. The highest BCUT2D eigenvalue weighted by atomic mass is 32.1. The lowest BCUT2D eigenvalue weighted by Gasteiger charge is -2.17. The molecule has 0 spiro atoms. The number of carbonyl (C=O) groups excluding carboxylic acids is 2. The highest BCUT2D eigenvalue weighted by molar-refractivity contribution is 7.17. The molecule has 1 aliphatic rings. The van der Waals surface area contributed by atoms with Gasteiger partial charge in [-0.1, -0.05) is 25.1 Å². The molecule has 150 valence electrons. The molecule has 1 aromatic carbocycles. The van der Waals surface area contributed by atoms with Crippen molar-refractivity contribution in [3.8, 4) is 5.75 Å². The Morgan fingerprint density at radius 1 is 1.18 bits per heavy atom. The van der Waals surface area contributed by atoms with Gasteiger partial charge >= 0.3 is 5.97 Å². The van der Waals surface area contributed by atoms with Gasteiger partial charge in [-0.05, 0) is 63.1 Å².